The van der Waals surface area contributed by atoms with Crippen molar-refractivity contribution in [3.63, 3.8) is 0 Å². The van der Waals surface area contributed by atoms with Crippen LogP contribution in [-0.2, 0) is 6.42 Å². The number of likely N-dealkylation sites (N-methyl/N-ethyl adjacent to an activating group) is 1. The lowest BCUT2D eigenvalue weighted by Crippen LogP contribution is -2.35. The van der Waals surface area contributed by atoms with Crippen molar-refractivity contribution < 1.29 is 0 Å². The smallest absolute Gasteiger partial charge is 0.222 e. The normalized spacial score (nSPS) is 26.9. The Balaban J connectivity index is 1.88. The van der Waals surface area contributed by atoms with Crippen molar-refractivity contribution in [2.75, 3.05) is 25.5 Å². The minimum atomic E-state index is 0.535. The van der Waals surface area contributed by atoms with Gasteiger partial charge in [0.25, 0.3) is 0 Å². The zero-order chi connectivity index (χ0) is 11.8. The van der Waals surface area contributed by atoms with E-state index in [1.165, 1.54) is 24.1 Å². The Kier molecular flexibility index (Phi) is 2.72. The van der Waals surface area contributed by atoms with E-state index in [9.17, 15) is 0 Å². The fourth-order valence-corrected chi connectivity index (χ4v) is 2.99. The van der Waals surface area contributed by atoms with Crippen LogP contribution in [0.2, 0.25) is 0 Å². The van der Waals surface area contributed by atoms with Crippen molar-refractivity contribution in [3.05, 3.63) is 17.5 Å². The van der Waals surface area contributed by atoms with Gasteiger partial charge in [0.2, 0.25) is 5.95 Å². The summed E-state index contributed by atoms with van der Waals surface area (Å²) in [5, 5.41) is 3.14. The maximum absolute atomic E-state index is 5.46. The molecular formula is C12H19N5. The van der Waals surface area contributed by atoms with Crippen LogP contribution in [0.3, 0.4) is 0 Å². The molecule has 1 fully saturated rings. The lowest BCUT2D eigenvalue weighted by molar-refractivity contribution is 0.221. The second-order valence-corrected chi connectivity index (χ2v) is 4.93. The third-order valence-electron chi connectivity index (χ3n) is 3.96. The summed E-state index contributed by atoms with van der Waals surface area (Å²) in [5.41, 5.74) is 8.01. The summed E-state index contributed by atoms with van der Waals surface area (Å²) in [6.45, 7) is 1.33. The summed E-state index contributed by atoms with van der Waals surface area (Å²) in [5.74, 6) is 0.721. The quantitative estimate of drug-likeness (QED) is 0.797. The molecule has 5 heteroatoms. The number of aromatic nitrogens is 2. The van der Waals surface area contributed by atoms with Crippen molar-refractivity contribution in [2.45, 2.75) is 31.3 Å². The first-order valence-electron chi connectivity index (χ1n) is 6.31. The van der Waals surface area contributed by atoms with Gasteiger partial charge in [-0.05, 0) is 19.9 Å². The monoisotopic (exact) mass is 233 g/mol. The third-order valence-corrected chi connectivity index (χ3v) is 3.96. The van der Waals surface area contributed by atoms with E-state index in [4.69, 9.17) is 5.73 Å². The second-order valence-electron chi connectivity index (χ2n) is 4.93. The van der Waals surface area contributed by atoms with Crippen molar-refractivity contribution in [2.24, 2.45) is 5.73 Å². The molecule has 0 saturated carbocycles. The summed E-state index contributed by atoms with van der Waals surface area (Å²) >= 11 is 0. The Morgan fingerprint density at radius 3 is 3.24 bits per heavy atom. The molecule has 3 rings (SSSR count). The van der Waals surface area contributed by atoms with E-state index in [2.05, 4.69) is 27.2 Å². The van der Waals surface area contributed by atoms with Crippen LogP contribution in [0.5, 0.6) is 0 Å². The Morgan fingerprint density at radius 2 is 2.41 bits per heavy atom. The van der Waals surface area contributed by atoms with E-state index in [1.54, 1.807) is 0 Å². The maximum atomic E-state index is 5.46. The third kappa shape index (κ3) is 1.79. The lowest BCUT2D eigenvalue weighted by Gasteiger charge is -2.32. The highest BCUT2D eigenvalue weighted by atomic mass is 15.2. The van der Waals surface area contributed by atoms with Gasteiger partial charge < -0.3 is 11.1 Å². The Labute approximate surface area is 101 Å². The topological polar surface area (TPSA) is 67.1 Å². The number of nitrogens with zero attached hydrogens (tertiary/aromatic N) is 3. The number of fused-ring (bicyclic) bond motifs is 4. The molecule has 1 saturated heterocycles. The fourth-order valence-electron chi connectivity index (χ4n) is 2.99. The van der Waals surface area contributed by atoms with E-state index >= 15 is 0 Å². The summed E-state index contributed by atoms with van der Waals surface area (Å²) < 4.78 is 0. The number of nitrogens with one attached hydrogen (secondary N) is 1. The van der Waals surface area contributed by atoms with Gasteiger partial charge in [-0.3, -0.25) is 4.90 Å². The number of hydrogen-bond acceptors (Lipinski definition) is 5. The van der Waals surface area contributed by atoms with Crippen molar-refractivity contribution in [3.8, 4) is 0 Å². The summed E-state index contributed by atoms with van der Waals surface area (Å²) in [6.07, 6.45) is 5.57. The number of rotatable bonds is 3. The maximum Gasteiger partial charge on any atom is 0.222 e. The Bertz CT molecular complexity index is 419. The highest BCUT2D eigenvalue weighted by Gasteiger charge is 2.38. The molecule has 5 nitrogen and oxygen atoms in total. The molecule has 0 radical (unpaired) electrons. The Hall–Kier alpha value is -1.20. The van der Waals surface area contributed by atoms with Gasteiger partial charge in [-0.1, -0.05) is 0 Å². The van der Waals surface area contributed by atoms with Gasteiger partial charge in [0.05, 0.1) is 5.69 Å². The predicted molar refractivity (Wildman–Crippen MR) is 66.8 cm³/mol. The average Bonchev–Trinajstić information content (AvgIpc) is 2.61. The molecule has 2 unspecified atom stereocenters. The molecule has 2 atom stereocenters. The molecule has 3 N–H and O–H groups in total. The zero-order valence-electron chi connectivity index (χ0n) is 10.2. The molecule has 1 aromatic rings. The first-order valence-corrected chi connectivity index (χ1v) is 6.31. The summed E-state index contributed by atoms with van der Waals surface area (Å²) in [7, 11) is 2.21. The van der Waals surface area contributed by atoms with Crippen LogP contribution < -0.4 is 11.1 Å². The van der Waals surface area contributed by atoms with Gasteiger partial charge in [-0.15, -0.1) is 0 Å². The zero-order valence-corrected chi connectivity index (χ0v) is 10.2. The van der Waals surface area contributed by atoms with Gasteiger partial charge in [0.15, 0.2) is 0 Å². The largest absolute Gasteiger partial charge is 0.353 e. The van der Waals surface area contributed by atoms with Crippen molar-refractivity contribution in [1.82, 2.24) is 14.9 Å². The van der Waals surface area contributed by atoms with Gasteiger partial charge in [-0.25, -0.2) is 9.97 Å². The highest BCUT2D eigenvalue weighted by molar-refractivity contribution is 5.34. The molecule has 2 aliphatic heterocycles. The fraction of sp³-hybridized carbons (Fsp3) is 0.667. The standard InChI is InChI=1S/C12H19N5/c1-17-8-2-3-11(17)9-7-15-12(14-5-4-13)16-10(9)6-8/h7-8,11H,2-6,13H2,1H3,(H,14,15,16). The number of anilines is 1. The van der Waals surface area contributed by atoms with Crippen LogP contribution in [0.4, 0.5) is 5.95 Å². The lowest BCUT2D eigenvalue weighted by atomic mass is 10.0. The van der Waals surface area contributed by atoms with Crippen LogP contribution in [-0.4, -0.2) is 41.0 Å². The molecule has 17 heavy (non-hydrogen) atoms. The molecule has 0 aromatic carbocycles. The van der Waals surface area contributed by atoms with E-state index in [0.29, 0.717) is 18.6 Å². The number of nitrogens with two attached hydrogens (primary N) is 1. The first-order chi connectivity index (χ1) is 8.29. The SMILES string of the molecule is CN1C2CCC1c1cnc(NCCN)nc1C2. The average molecular weight is 233 g/mol. The van der Waals surface area contributed by atoms with E-state index in [-0.39, 0.29) is 0 Å². The molecule has 0 aliphatic carbocycles. The Morgan fingerprint density at radius 1 is 1.53 bits per heavy atom. The van der Waals surface area contributed by atoms with Gasteiger partial charge in [0.1, 0.15) is 0 Å². The molecule has 92 valence electrons. The van der Waals surface area contributed by atoms with Crippen LogP contribution in [0.1, 0.15) is 30.1 Å². The molecule has 0 spiro atoms. The van der Waals surface area contributed by atoms with E-state index < -0.39 is 0 Å². The van der Waals surface area contributed by atoms with Crippen LogP contribution in [0.15, 0.2) is 6.20 Å². The summed E-state index contributed by atoms with van der Waals surface area (Å²) in [4.78, 5) is 11.5. The van der Waals surface area contributed by atoms with E-state index in [1.807, 2.05) is 6.20 Å². The predicted octanol–water partition coefficient (Wildman–Crippen LogP) is 0.539. The molecule has 3 heterocycles. The van der Waals surface area contributed by atoms with Crippen LogP contribution >= 0.6 is 0 Å². The van der Waals surface area contributed by atoms with Crippen LogP contribution in [0, 0.1) is 0 Å². The van der Waals surface area contributed by atoms with Gasteiger partial charge in [0, 0.05) is 43.4 Å². The molecular weight excluding hydrogens is 214 g/mol. The van der Waals surface area contributed by atoms with Crippen molar-refractivity contribution >= 4 is 5.95 Å². The first kappa shape index (κ1) is 10.9. The van der Waals surface area contributed by atoms with Gasteiger partial charge in [-0.2, -0.15) is 0 Å². The molecule has 2 bridgehead atoms. The molecule has 2 aliphatic rings. The minimum Gasteiger partial charge on any atom is -0.353 e. The van der Waals surface area contributed by atoms with Gasteiger partial charge >= 0.3 is 0 Å². The highest BCUT2D eigenvalue weighted by Crippen LogP contribution is 2.41. The molecule has 1 aromatic heterocycles. The van der Waals surface area contributed by atoms with Crippen LogP contribution in [0.25, 0.3) is 0 Å². The number of hydrogen-bond donors (Lipinski definition) is 2. The minimum absolute atomic E-state index is 0.535. The second kappa shape index (κ2) is 4.23. The molecule has 0 amide bonds. The van der Waals surface area contributed by atoms with E-state index in [0.717, 1.165) is 18.9 Å². The van der Waals surface area contributed by atoms with Crippen molar-refractivity contribution in [1.29, 1.82) is 0 Å². The summed E-state index contributed by atoms with van der Waals surface area (Å²) in [6, 6.07) is 1.21.